The summed E-state index contributed by atoms with van der Waals surface area (Å²) >= 11 is 0. The SMILES string of the molecule is Cc1cnc(C(=O)N2CCOC3CCN(C)CC32)cn1. The highest BCUT2D eigenvalue weighted by atomic mass is 16.5. The van der Waals surface area contributed by atoms with Crippen molar-refractivity contribution in [3.8, 4) is 0 Å². The van der Waals surface area contributed by atoms with Gasteiger partial charge in [-0.3, -0.25) is 9.78 Å². The first-order valence-electron chi connectivity index (χ1n) is 7.05. The largest absolute Gasteiger partial charge is 0.374 e. The number of aromatic nitrogens is 2. The third-order valence-electron chi connectivity index (χ3n) is 4.05. The van der Waals surface area contributed by atoms with Crippen molar-refractivity contribution in [3.63, 3.8) is 0 Å². The van der Waals surface area contributed by atoms with Crippen molar-refractivity contribution in [2.75, 3.05) is 33.3 Å². The predicted octanol–water partition coefficient (Wildman–Crippen LogP) is 0.330. The van der Waals surface area contributed by atoms with Crippen molar-refractivity contribution in [2.24, 2.45) is 0 Å². The van der Waals surface area contributed by atoms with Crippen LogP contribution >= 0.6 is 0 Å². The van der Waals surface area contributed by atoms with Crippen LogP contribution in [-0.2, 0) is 4.74 Å². The van der Waals surface area contributed by atoms with E-state index in [-0.39, 0.29) is 18.1 Å². The molecule has 20 heavy (non-hydrogen) atoms. The summed E-state index contributed by atoms with van der Waals surface area (Å²) in [6.07, 6.45) is 4.33. The molecule has 2 atom stereocenters. The smallest absolute Gasteiger partial charge is 0.274 e. The second-order valence-corrected chi connectivity index (χ2v) is 5.57. The topological polar surface area (TPSA) is 58.6 Å². The van der Waals surface area contributed by atoms with E-state index in [1.165, 1.54) is 0 Å². The van der Waals surface area contributed by atoms with E-state index < -0.39 is 0 Å². The molecule has 0 spiro atoms. The average molecular weight is 276 g/mol. The van der Waals surface area contributed by atoms with Crippen LogP contribution in [0.1, 0.15) is 22.6 Å². The van der Waals surface area contributed by atoms with Crippen LogP contribution in [-0.4, -0.2) is 71.1 Å². The molecule has 3 heterocycles. The molecule has 0 aromatic carbocycles. The lowest BCUT2D eigenvalue weighted by molar-refractivity contribution is -0.0871. The second kappa shape index (κ2) is 5.46. The van der Waals surface area contributed by atoms with Crippen LogP contribution in [0.4, 0.5) is 0 Å². The highest BCUT2D eigenvalue weighted by molar-refractivity contribution is 5.92. The molecule has 1 amide bonds. The Hall–Kier alpha value is -1.53. The van der Waals surface area contributed by atoms with Gasteiger partial charge in [0.15, 0.2) is 0 Å². The molecule has 2 unspecified atom stereocenters. The van der Waals surface area contributed by atoms with Crippen molar-refractivity contribution in [2.45, 2.75) is 25.5 Å². The molecular formula is C14H20N4O2. The molecule has 1 aromatic heterocycles. The van der Waals surface area contributed by atoms with E-state index in [1.807, 2.05) is 11.8 Å². The summed E-state index contributed by atoms with van der Waals surface area (Å²) in [6, 6.07) is 0.123. The molecule has 2 aliphatic rings. The third kappa shape index (κ3) is 2.53. The van der Waals surface area contributed by atoms with E-state index in [1.54, 1.807) is 12.4 Å². The zero-order valence-electron chi connectivity index (χ0n) is 12.0. The van der Waals surface area contributed by atoms with Gasteiger partial charge in [0.2, 0.25) is 0 Å². The van der Waals surface area contributed by atoms with E-state index in [2.05, 4.69) is 21.9 Å². The zero-order valence-corrected chi connectivity index (χ0v) is 12.0. The third-order valence-corrected chi connectivity index (χ3v) is 4.05. The van der Waals surface area contributed by atoms with Crippen LogP contribution in [0, 0.1) is 6.92 Å². The van der Waals surface area contributed by atoms with Crippen molar-refractivity contribution < 1.29 is 9.53 Å². The number of carbonyl (C=O) groups is 1. The Kier molecular flexibility index (Phi) is 3.67. The molecule has 6 heteroatoms. The van der Waals surface area contributed by atoms with Crippen molar-refractivity contribution >= 4 is 5.91 Å². The second-order valence-electron chi connectivity index (χ2n) is 5.57. The van der Waals surface area contributed by atoms with Gasteiger partial charge in [-0.25, -0.2) is 4.98 Å². The summed E-state index contributed by atoms with van der Waals surface area (Å²) in [7, 11) is 2.08. The number of fused-ring (bicyclic) bond motifs is 1. The summed E-state index contributed by atoms with van der Waals surface area (Å²) in [5.41, 5.74) is 1.24. The van der Waals surface area contributed by atoms with Gasteiger partial charge in [0, 0.05) is 25.8 Å². The molecular weight excluding hydrogens is 256 g/mol. The fourth-order valence-electron chi connectivity index (χ4n) is 2.93. The Morgan fingerprint density at radius 1 is 1.35 bits per heavy atom. The lowest BCUT2D eigenvalue weighted by atomic mass is 9.99. The van der Waals surface area contributed by atoms with Crippen LogP contribution in [0.2, 0.25) is 0 Å². The number of morpholine rings is 1. The van der Waals surface area contributed by atoms with E-state index in [9.17, 15) is 4.79 Å². The Labute approximate surface area is 118 Å². The molecule has 3 rings (SSSR count). The standard InChI is InChI=1S/C14H20N4O2/c1-10-7-16-11(8-15-10)14(19)18-5-6-20-13-3-4-17(2)9-12(13)18/h7-8,12-13H,3-6,9H2,1-2H3. The van der Waals surface area contributed by atoms with E-state index in [0.717, 1.165) is 25.2 Å². The van der Waals surface area contributed by atoms with Crippen LogP contribution in [0.15, 0.2) is 12.4 Å². The van der Waals surface area contributed by atoms with E-state index in [4.69, 9.17) is 4.74 Å². The van der Waals surface area contributed by atoms with Gasteiger partial charge in [-0.05, 0) is 20.4 Å². The van der Waals surface area contributed by atoms with Crippen LogP contribution in [0.3, 0.4) is 0 Å². The van der Waals surface area contributed by atoms with Crippen LogP contribution in [0.25, 0.3) is 0 Å². The first kappa shape index (κ1) is 13.5. The van der Waals surface area contributed by atoms with Gasteiger partial charge in [0.1, 0.15) is 5.69 Å². The Morgan fingerprint density at radius 3 is 2.95 bits per heavy atom. The number of carbonyl (C=O) groups excluding carboxylic acids is 1. The Morgan fingerprint density at radius 2 is 2.20 bits per heavy atom. The van der Waals surface area contributed by atoms with Gasteiger partial charge in [-0.1, -0.05) is 0 Å². The van der Waals surface area contributed by atoms with Crippen molar-refractivity contribution in [1.82, 2.24) is 19.8 Å². The number of amides is 1. The molecule has 108 valence electrons. The number of piperidine rings is 1. The predicted molar refractivity (Wildman–Crippen MR) is 73.4 cm³/mol. The number of likely N-dealkylation sites (N-methyl/N-ethyl adjacent to an activating group) is 1. The Bertz CT molecular complexity index is 490. The molecule has 2 saturated heterocycles. The monoisotopic (exact) mass is 276 g/mol. The zero-order chi connectivity index (χ0) is 14.1. The lowest BCUT2D eigenvalue weighted by Gasteiger charge is -2.46. The van der Waals surface area contributed by atoms with E-state index in [0.29, 0.717) is 18.8 Å². The lowest BCUT2D eigenvalue weighted by Crippen LogP contribution is -2.60. The molecule has 0 saturated carbocycles. The highest BCUT2D eigenvalue weighted by Gasteiger charge is 2.38. The fourth-order valence-corrected chi connectivity index (χ4v) is 2.93. The maximum absolute atomic E-state index is 12.6. The molecule has 2 aliphatic heterocycles. The van der Waals surface area contributed by atoms with Gasteiger partial charge >= 0.3 is 0 Å². The number of ether oxygens (including phenoxy) is 1. The number of likely N-dealkylation sites (tertiary alicyclic amines) is 1. The van der Waals surface area contributed by atoms with Crippen LogP contribution in [0.5, 0.6) is 0 Å². The highest BCUT2D eigenvalue weighted by Crippen LogP contribution is 2.23. The summed E-state index contributed by atoms with van der Waals surface area (Å²) < 4.78 is 5.81. The minimum Gasteiger partial charge on any atom is -0.374 e. The molecule has 2 fully saturated rings. The first-order chi connectivity index (χ1) is 9.65. The quantitative estimate of drug-likeness (QED) is 0.740. The van der Waals surface area contributed by atoms with Gasteiger partial charge < -0.3 is 14.5 Å². The fraction of sp³-hybridized carbons (Fsp3) is 0.643. The Balaban J connectivity index is 1.80. The minimum atomic E-state index is -0.0360. The molecule has 1 aromatic rings. The number of hydrogen-bond acceptors (Lipinski definition) is 5. The average Bonchev–Trinajstić information content (AvgIpc) is 2.46. The normalized spacial score (nSPS) is 27.2. The first-order valence-corrected chi connectivity index (χ1v) is 7.05. The summed E-state index contributed by atoms with van der Waals surface area (Å²) in [6.45, 7) is 4.98. The van der Waals surface area contributed by atoms with E-state index >= 15 is 0 Å². The summed E-state index contributed by atoms with van der Waals surface area (Å²) in [5, 5.41) is 0. The molecule has 0 radical (unpaired) electrons. The maximum Gasteiger partial charge on any atom is 0.274 e. The van der Waals surface area contributed by atoms with Crippen LogP contribution < -0.4 is 0 Å². The number of hydrogen-bond donors (Lipinski definition) is 0. The number of rotatable bonds is 1. The summed E-state index contributed by atoms with van der Waals surface area (Å²) in [5.74, 6) is -0.0360. The summed E-state index contributed by atoms with van der Waals surface area (Å²) in [4.78, 5) is 25.1. The van der Waals surface area contributed by atoms with Crippen molar-refractivity contribution in [3.05, 3.63) is 23.8 Å². The number of nitrogens with zero attached hydrogens (tertiary/aromatic N) is 4. The maximum atomic E-state index is 12.6. The van der Waals surface area contributed by atoms with Crippen molar-refractivity contribution in [1.29, 1.82) is 0 Å². The van der Waals surface area contributed by atoms with Gasteiger partial charge in [0.05, 0.1) is 30.6 Å². The minimum absolute atomic E-state index is 0.0360. The molecule has 0 aliphatic carbocycles. The number of aryl methyl sites for hydroxylation is 1. The van der Waals surface area contributed by atoms with Gasteiger partial charge in [-0.2, -0.15) is 0 Å². The van der Waals surface area contributed by atoms with Gasteiger partial charge in [-0.15, -0.1) is 0 Å². The molecule has 0 N–H and O–H groups in total. The molecule has 6 nitrogen and oxygen atoms in total. The van der Waals surface area contributed by atoms with Gasteiger partial charge in [0.25, 0.3) is 5.91 Å². The molecule has 0 bridgehead atoms.